The fraction of sp³-hybridized carbons (Fsp3) is 0.200. The number of primary amides is 1. The fourth-order valence-electron chi connectivity index (χ4n) is 1.16. The van der Waals surface area contributed by atoms with Gasteiger partial charge in [0, 0.05) is 0 Å². The summed E-state index contributed by atoms with van der Waals surface area (Å²) in [6, 6.07) is 7.32. The number of hydrogen-bond acceptors (Lipinski definition) is 2. The molecule has 0 heterocycles. The Morgan fingerprint density at radius 2 is 2.31 bits per heavy atom. The largest absolute Gasteiger partial charge is 0.369 e. The van der Waals surface area contributed by atoms with Crippen molar-refractivity contribution in [2.45, 2.75) is 13.3 Å². The van der Waals surface area contributed by atoms with Crippen LogP contribution in [0.2, 0.25) is 0 Å². The molecule has 0 bridgehead atoms. The summed E-state index contributed by atoms with van der Waals surface area (Å²) in [4.78, 5) is 10.6. The number of benzene rings is 1. The van der Waals surface area contributed by atoms with Gasteiger partial charge >= 0.3 is 0 Å². The van der Waals surface area contributed by atoms with Crippen LogP contribution < -0.4 is 5.73 Å². The summed E-state index contributed by atoms with van der Waals surface area (Å²) >= 11 is 0. The first-order valence-corrected chi connectivity index (χ1v) is 3.91. The minimum absolute atomic E-state index is 0.229. The van der Waals surface area contributed by atoms with Crippen LogP contribution in [-0.4, -0.2) is 5.91 Å². The number of nitriles is 1. The smallest absolute Gasteiger partial charge is 0.221 e. The van der Waals surface area contributed by atoms with Gasteiger partial charge in [-0.1, -0.05) is 12.1 Å². The van der Waals surface area contributed by atoms with Crippen LogP contribution in [0.15, 0.2) is 18.2 Å². The summed E-state index contributed by atoms with van der Waals surface area (Å²) in [5.41, 5.74) is 7.40. The van der Waals surface area contributed by atoms with Gasteiger partial charge in [-0.05, 0) is 24.1 Å². The van der Waals surface area contributed by atoms with Gasteiger partial charge in [-0.2, -0.15) is 5.26 Å². The molecule has 0 aromatic heterocycles. The maximum absolute atomic E-state index is 10.6. The van der Waals surface area contributed by atoms with Crippen molar-refractivity contribution in [1.82, 2.24) is 0 Å². The molecule has 1 aromatic rings. The number of aryl methyl sites for hydroxylation is 1. The van der Waals surface area contributed by atoms with Gasteiger partial charge in [-0.25, -0.2) is 0 Å². The standard InChI is InChI=1S/C10H10N2O/c1-7-4-8(5-10(12)13)2-3-9(7)6-11/h2-4H,5H2,1H3,(H2,12,13). The van der Waals surface area contributed by atoms with Crippen LogP contribution in [0.3, 0.4) is 0 Å². The van der Waals surface area contributed by atoms with Crippen molar-refractivity contribution in [3.63, 3.8) is 0 Å². The molecule has 0 aliphatic heterocycles. The summed E-state index contributed by atoms with van der Waals surface area (Å²) in [6.07, 6.45) is 0.229. The van der Waals surface area contributed by atoms with E-state index in [0.29, 0.717) is 5.56 Å². The molecule has 1 rings (SSSR count). The number of carbonyl (C=O) groups excluding carboxylic acids is 1. The van der Waals surface area contributed by atoms with Gasteiger partial charge < -0.3 is 5.73 Å². The maximum atomic E-state index is 10.6. The summed E-state index contributed by atoms with van der Waals surface area (Å²) < 4.78 is 0. The number of hydrogen-bond donors (Lipinski definition) is 1. The lowest BCUT2D eigenvalue weighted by molar-refractivity contribution is -0.117. The van der Waals surface area contributed by atoms with E-state index in [9.17, 15) is 4.79 Å². The number of rotatable bonds is 2. The average Bonchev–Trinajstić information content (AvgIpc) is 2.03. The molecule has 0 aliphatic carbocycles. The van der Waals surface area contributed by atoms with E-state index in [2.05, 4.69) is 6.07 Å². The molecule has 0 spiro atoms. The SMILES string of the molecule is Cc1cc(CC(N)=O)ccc1C#N. The third-order valence-electron chi connectivity index (χ3n) is 1.79. The molecule has 0 saturated carbocycles. The minimum Gasteiger partial charge on any atom is -0.369 e. The molecule has 66 valence electrons. The Labute approximate surface area is 76.8 Å². The number of nitrogens with zero attached hydrogens (tertiary/aromatic N) is 1. The van der Waals surface area contributed by atoms with E-state index in [4.69, 9.17) is 11.0 Å². The third kappa shape index (κ3) is 2.31. The summed E-state index contributed by atoms with van der Waals surface area (Å²) in [7, 11) is 0. The lowest BCUT2D eigenvalue weighted by atomic mass is 10.0. The quantitative estimate of drug-likeness (QED) is 0.723. The molecule has 0 saturated heterocycles. The van der Waals surface area contributed by atoms with Crippen LogP contribution in [0.4, 0.5) is 0 Å². The van der Waals surface area contributed by atoms with Crippen molar-refractivity contribution in [3.8, 4) is 6.07 Å². The summed E-state index contributed by atoms with van der Waals surface area (Å²) in [6.45, 7) is 1.84. The van der Waals surface area contributed by atoms with Gasteiger partial charge in [0.05, 0.1) is 18.1 Å². The Morgan fingerprint density at radius 3 is 2.77 bits per heavy atom. The molecule has 0 radical (unpaired) electrons. The molecule has 0 aliphatic rings. The average molecular weight is 174 g/mol. The van der Waals surface area contributed by atoms with E-state index < -0.39 is 0 Å². The van der Waals surface area contributed by atoms with Crippen molar-refractivity contribution in [3.05, 3.63) is 34.9 Å². The second-order valence-corrected chi connectivity index (χ2v) is 2.90. The zero-order chi connectivity index (χ0) is 9.84. The second-order valence-electron chi connectivity index (χ2n) is 2.90. The normalized spacial score (nSPS) is 9.23. The van der Waals surface area contributed by atoms with Gasteiger partial charge in [0.2, 0.25) is 5.91 Å². The molecule has 0 unspecified atom stereocenters. The molecule has 3 heteroatoms. The first-order chi connectivity index (χ1) is 6.13. The van der Waals surface area contributed by atoms with Gasteiger partial charge in [-0.15, -0.1) is 0 Å². The van der Waals surface area contributed by atoms with Crippen LogP contribution >= 0.6 is 0 Å². The van der Waals surface area contributed by atoms with E-state index >= 15 is 0 Å². The Hall–Kier alpha value is -1.82. The third-order valence-corrected chi connectivity index (χ3v) is 1.79. The van der Waals surface area contributed by atoms with E-state index in [-0.39, 0.29) is 12.3 Å². The molecular formula is C10H10N2O. The first kappa shape index (κ1) is 9.27. The lowest BCUT2D eigenvalue weighted by Crippen LogP contribution is -2.13. The zero-order valence-corrected chi connectivity index (χ0v) is 7.37. The highest BCUT2D eigenvalue weighted by molar-refractivity contribution is 5.76. The van der Waals surface area contributed by atoms with Crippen molar-refractivity contribution in [1.29, 1.82) is 5.26 Å². The fourth-order valence-corrected chi connectivity index (χ4v) is 1.16. The van der Waals surface area contributed by atoms with E-state index in [1.807, 2.05) is 13.0 Å². The summed E-state index contributed by atoms with van der Waals surface area (Å²) in [5, 5.41) is 8.65. The van der Waals surface area contributed by atoms with Crippen LogP contribution in [0, 0.1) is 18.3 Å². The maximum Gasteiger partial charge on any atom is 0.221 e. The zero-order valence-electron chi connectivity index (χ0n) is 7.37. The number of amides is 1. The van der Waals surface area contributed by atoms with E-state index in [1.54, 1.807) is 12.1 Å². The highest BCUT2D eigenvalue weighted by Crippen LogP contribution is 2.10. The number of nitrogens with two attached hydrogens (primary N) is 1. The highest BCUT2D eigenvalue weighted by Gasteiger charge is 2.01. The highest BCUT2D eigenvalue weighted by atomic mass is 16.1. The molecular weight excluding hydrogens is 164 g/mol. The van der Waals surface area contributed by atoms with E-state index in [0.717, 1.165) is 11.1 Å². The molecule has 3 nitrogen and oxygen atoms in total. The van der Waals surface area contributed by atoms with Gasteiger partial charge in [0.15, 0.2) is 0 Å². The van der Waals surface area contributed by atoms with Gasteiger partial charge in [0.1, 0.15) is 0 Å². The van der Waals surface area contributed by atoms with Crippen LogP contribution in [0.5, 0.6) is 0 Å². The Bertz CT molecular complexity index is 377. The first-order valence-electron chi connectivity index (χ1n) is 3.91. The monoisotopic (exact) mass is 174 g/mol. The predicted octanol–water partition coefficient (Wildman–Crippen LogP) is 0.895. The topological polar surface area (TPSA) is 66.9 Å². The second kappa shape index (κ2) is 3.72. The summed E-state index contributed by atoms with van der Waals surface area (Å²) in [5.74, 6) is -0.357. The Morgan fingerprint density at radius 1 is 1.62 bits per heavy atom. The molecule has 0 fully saturated rings. The molecule has 0 atom stereocenters. The van der Waals surface area contributed by atoms with E-state index in [1.165, 1.54) is 0 Å². The van der Waals surface area contributed by atoms with Crippen LogP contribution in [0.1, 0.15) is 16.7 Å². The van der Waals surface area contributed by atoms with Crippen molar-refractivity contribution >= 4 is 5.91 Å². The molecule has 13 heavy (non-hydrogen) atoms. The van der Waals surface area contributed by atoms with Crippen LogP contribution in [0.25, 0.3) is 0 Å². The Kier molecular flexibility index (Phi) is 2.65. The van der Waals surface area contributed by atoms with Crippen LogP contribution in [-0.2, 0) is 11.2 Å². The molecule has 1 aromatic carbocycles. The molecule has 1 amide bonds. The minimum atomic E-state index is -0.357. The Balaban J connectivity index is 2.97. The van der Waals surface area contributed by atoms with Crippen molar-refractivity contribution < 1.29 is 4.79 Å². The van der Waals surface area contributed by atoms with Crippen molar-refractivity contribution in [2.24, 2.45) is 5.73 Å². The molecule has 2 N–H and O–H groups in total. The van der Waals surface area contributed by atoms with Gasteiger partial charge in [0.25, 0.3) is 0 Å². The van der Waals surface area contributed by atoms with Gasteiger partial charge in [-0.3, -0.25) is 4.79 Å². The lowest BCUT2D eigenvalue weighted by Gasteiger charge is -2.00. The number of carbonyl (C=O) groups is 1. The van der Waals surface area contributed by atoms with Crippen molar-refractivity contribution in [2.75, 3.05) is 0 Å². The predicted molar refractivity (Wildman–Crippen MR) is 48.8 cm³/mol.